The van der Waals surface area contributed by atoms with Gasteiger partial charge in [-0.3, -0.25) is 4.79 Å². The van der Waals surface area contributed by atoms with Crippen LogP contribution in [-0.4, -0.2) is 28.3 Å². The maximum Gasteiger partial charge on any atom is 0.343 e. The zero-order chi connectivity index (χ0) is 20.3. The van der Waals surface area contributed by atoms with Crippen LogP contribution in [-0.2, 0) is 9.53 Å². The molecule has 0 aliphatic carbocycles. The molecule has 0 aliphatic rings. The van der Waals surface area contributed by atoms with Crippen LogP contribution < -0.4 is 5.32 Å². The number of hydrogen-bond acceptors (Lipinski definition) is 5. The Hall–Kier alpha value is -3.13. The molecule has 7 nitrogen and oxygen atoms in total. The van der Waals surface area contributed by atoms with Crippen molar-refractivity contribution in [1.82, 2.24) is 15.1 Å². The van der Waals surface area contributed by atoms with Crippen molar-refractivity contribution in [2.45, 2.75) is 19.9 Å². The third-order valence-electron chi connectivity index (χ3n) is 3.96. The van der Waals surface area contributed by atoms with Crippen LogP contribution in [0.2, 0.25) is 5.15 Å². The van der Waals surface area contributed by atoms with Crippen molar-refractivity contribution < 1.29 is 23.1 Å². The van der Waals surface area contributed by atoms with Crippen LogP contribution in [0.1, 0.15) is 34.8 Å². The lowest BCUT2D eigenvalue weighted by atomic mass is 10.2. The molecule has 2 heterocycles. The lowest BCUT2D eigenvalue weighted by Crippen LogP contribution is -2.31. The SMILES string of the molecule is Cc1nn(-c2ccc(F)cc2)c(Cl)c1C(=O)OCC(=O)N[C@H](C)c1ccco1. The highest BCUT2D eigenvalue weighted by Crippen LogP contribution is 2.24. The van der Waals surface area contributed by atoms with Crippen molar-refractivity contribution in [1.29, 1.82) is 0 Å². The van der Waals surface area contributed by atoms with Crippen molar-refractivity contribution in [3.63, 3.8) is 0 Å². The summed E-state index contributed by atoms with van der Waals surface area (Å²) in [4.78, 5) is 24.4. The molecule has 1 atom stereocenters. The van der Waals surface area contributed by atoms with Gasteiger partial charge in [0.15, 0.2) is 6.61 Å². The van der Waals surface area contributed by atoms with E-state index in [2.05, 4.69) is 10.4 Å². The highest BCUT2D eigenvalue weighted by Gasteiger charge is 2.23. The van der Waals surface area contributed by atoms with E-state index in [4.69, 9.17) is 20.8 Å². The molecule has 0 fully saturated rings. The number of rotatable bonds is 6. The number of carbonyl (C=O) groups excluding carboxylic acids is 2. The summed E-state index contributed by atoms with van der Waals surface area (Å²) in [6.45, 7) is 2.84. The van der Waals surface area contributed by atoms with Gasteiger partial charge < -0.3 is 14.5 Å². The molecule has 0 saturated heterocycles. The summed E-state index contributed by atoms with van der Waals surface area (Å²) in [6.07, 6.45) is 1.50. The fourth-order valence-electron chi connectivity index (χ4n) is 2.58. The molecule has 146 valence electrons. The number of benzene rings is 1. The predicted molar refractivity (Wildman–Crippen MR) is 98.8 cm³/mol. The number of nitrogens with zero attached hydrogens (tertiary/aromatic N) is 2. The second kappa shape index (κ2) is 8.26. The summed E-state index contributed by atoms with van der Waals surface area (Å²) in [5.74, 6) is -1.09. The van der Waals surface area contributed by atoms with Gasteiger partial charge in [-0.05, 0) is 50.2 Å². The number of furan rings is 1. The van der Waals surface area contributed by atoms with E-state index in [9.17, 15) is 14.0 Å². The number of nitrogens with one attached hydrogen (secondary N) is 1. The molecule has 0 radical (unpaired) electrons. The van der Waals surface area contributed by atoms with E-state index < -0.39 is 24.3 Å². The van der Waals surface area contributed by atoms with Gasteiger partial charge in [0, 0.05) is 0 Å². The van der Waals surface area contributed by atoms with Crippen molar-refractivity contribution in [3.8, 4) is 5.69 Å². The number of ether oxygens (including phenoxy) is 1. The molecule has 3 aromatic rings. The van der Waals surface area contributed by atoms with Crippen LogP contribution in [0, 0.1) is 12.7 Å². The predicted octanol–water partition coefficient (Wildman–Crippen LogP) is 3.60. The summed E-state index contributed by atoms with van der Waals surface area (Å²) in [5.41, 5.74) is 0.847. The Kier molecular flexibility index (Phi) is 5.79. The Labute approximate surface area is 165 Å². The van der Waals surface area contributed by atoms with Crippen LogP contribution in [0.4, 0.5) is 4.39 Å². The Morgan fingerprint density at radius 3 is 2.68 bits per heavy atom. The van der Waals surface area contributed by atoms with E-state index in [-0.39, 0.29) is 16.8 Å². The van der Waals surface area contributed by atoms with Crippen LogP contribution >= 0.6 is 11.6 Å². The first-order valence-electron chi connectivity index (χ1n) is 8.37. The average molecular weight is 406 g/mol. The van der Waals surface area contributed by atoms with Crippen molar-refractivity contribution >= 4 is 23.5 Å². The molecule has 1 aromatic carbocycles. The third kappa shape index (κ3) is 4.23. The molecule has 0 saturated carbocycles. The minimum atomic E-state index is -0.781. The first kappa shape index (κ1) is 19.6. The van der Waals surface area contributed by atoms with Gasteiger partial charge in [0.2, 0.25) is 0 Å². The lowest BCUT2D eigenvalue weighted by molar-refractivity contribution is -0.125. The monoisotopic (exact) mass is 405 g/mol. The summed E-state index contributed by atoms with van der Waals surface area (Å²) in [6, 6.07) is 8.54. The number of halogens is 2. The normalized spacial score (nSPS) is 11.9. The maximum absolute atomic E-state index is 13.1. The van der Waals surface area contributed by atoms with E-state index >= 15 is 0 Å². The van der Waals surface area contributed by atoms with Gasteiger partial charge in [0.25, 0.3) is 5.91 Å². The lowest BCUT2D eigenvalue weighted by Gasteiger charge is -2.11. The van der Waals surface area contributed by atoms with Crippen LogP contribution in [0.25, 0.3) is 5.69 Å². The van der Waals surface area contributed by atoms with E-state index in [0.29, 0.717) is 17.1 Å². The number of aryl methyl sites for hydroxylation is 1. The summed E-state index contributed by atoms with van der Waals surface area (Å²) in [5, 5.41) is 6.86. The Morgan fingerprint density at radius 2 is 2.04 bits per heavy atom. The zero-order valence-corrected chi connectivity index (χ0v) is 15.9. The molecular formula is C19H17ClFN3O4. The first-order valence-corrected chi connectivity index (χ1v) is 8.75. The summed E-state index contributed by atoms with van der Waals surface area (Å²) >= 11 is 6.26. The molecule has 9 heteroatoms. The van der Waals surface area contributed by atoms with Gasteiger partial charge in [0.1, 0.15) is 22.3 Å². The third-order valence-corrected chi connectivity index (χ3v) is 4.31. The minimum Gasteiger partial charge on any atom is -0.467 e. The van der Waals surface area contributed by atoms with Crippen molar-refractivity contribution in [3.05, 3.63) is 70.6 Å². The van der Waals surface area contributed by atoms with E-state index in [0.717, 1.165) is 0 Å². The van der Waals surface area contributed by atoms with Gasteiger partial charge >= 0.3 is 5.97 Å². The molecule has 1 amide bonds. The molecule has 0 bridgehead atoms. The Bertz CT molecular complexity index is 984. The smallest absolute Gasteiger partial charge is 0.343 e. The molecule has 1 N–H and O–H groups in total. The molecule has 3 rings (SSSR count). The van der Waals surface area contributed by atoms with E-state index in [1.165, 1.54) is 35.2 Å². The van der Waals surface area contributed by atoms with Gasteiger partial charge in [-0.2, -0.15) is 5.10 Å². The highest BCUT2D eigenvalue weighted by molar-refractivity contribution is 6.33. The van der Waals surface area contributed by atoms with E-state index in [1.807, 2.05) is 0 Å². The molecule has 0 spiro atoms. The van der Waals surface area contributed by atoms with Crippen LogP contribution in [0.3, 0.4) is 0 Å². The zero-order valence-electron chi connectivity index (χ0n) is 15.1. The molecular weight excluding hydrogens is 389 g/mol. The van der Waals surface area contributed by atoms with Gasteiger partial charge in [-0.15, -0.1) is 0 Å². The van der Waals surface area contributed by atoms with Gasteiger partial charge in [-0.1, -0.05) is 11.6 Å². The second-order valence-corrected chi connectivity index (χ2v) is 6.38. The Morgan fingerprint density at radius 1 is 1.32 bits per heavy atom. The van der Waals surface area contributed by atoms with Crippen molar-refractivity contribution in [2.75, 3.05) is 6.61 Å². The standard InChI is InChI=1S/C19H17ClFN3O4/c1-11(15-4-3-9-27-15)22-16(25)10-28-19(26)17-12(2)23-24(18(17)20)14-7-5-13(21)6-8-14/h3-9,11H,10H2,1-2H3,(H,22,25)/t11-/m1/s1. The fraction of sp³-hybridized carbons (Fsp3) is 0.211. The number of amides is 1. The topological polar surface area (TPSA) is 86.4 Å². The molecule has 0 aliphatic heterocycles. The Balaban J connectivity index is 1.66. The number of hydrogen-bond donors (Lipinski definition) is 1. The molecule has 0 unspecified atom stereocenters. The van der Waals surface area contributed by atoms with Crippen molar-refractivity contribution in [2.24, 2.45) is 0 Å². The van der Waals surface area contributed by atoms with E-state index in [1.54, 1.807) is 26.0 Å². The average Bonchev–Trinajstić information content (AvgIpc) is 3.29. The van der Waals surface area contributed by atoms with Gasteiger partial charge in [0.05, 0.1) is 23.7 Å². The highest BCUT2D eigenvalue weighted by atomic mass is 35.5. The van der Waals surface area contributed by atoms with Gasteiger partial charge in [-0.25, -0.2) is 13.9 Å². The first-order chi connectivity index (χ1) is 13.4. The number of carbonyl (C=O) groups is 2. The largest absolute Gasteiger partial charge is 0.467 e. The number of aromatic nitrogens is 2. The maximum atomic E-state index is 13.1. The number of esters is 1. The molecule has 28 heavy (non-hydrogen) atoms. The van der Waals surface area contributed by atoms with Crippen LogP contribution in [0.15, 0.2) is 47.1 Å². The fourth-order valence-corrected chi connectivity index (χ4v) is 2.93. The minimum absolute atomic E-state index is 0.0125. The summed E-state index contributed by atoms with van der Waals surface area (Å²) in [7, 11) is 0. The summed E-state index contributed by atoms with van der Waals surface area (Å²) < 4.78 is 24.6. The molecule has 2 aromatic heterocycles. The second-order valence-electron chi connectivity index (χ2n) is 6.02. The quantitative estimate of drug-likeness (QED) is 0.633. The van der Waals surface area contributed by atoms with Crippen LogP contribution in [0.5, 0.6) is 0 Å².